The van der Waals surface area contributed by atoms with Crippen LogP contribution < -0.4 is 20.7 Å². The summed E-state index contributed by atoms with van der Waals surface area (Å²) in [5.74, 6) is -1.05. The smallest absolute Gasteiger partial charge is 0.405 e. The van der Waals surface area contributed by atoms with Crippen molar-refractivity contribution in [2.45, 2.75) is 50.2 Å². The SMILES string of the molecule is CCS(=O)(=O)c1ccc(Cl)cc1Cn1c(=O)[nH]c2c(Cl)c(CN3CCC[C@H]3CNS(C)(=O)=O)c(OC(F)(F)F)cc2c1=O. The molecule has 236 valence electrons. The number of sulfonamides is 1. The van der Waals surface area contributed by atoms with E-state index < -0.39 is 55.2 Å². The van der Waals surface area contributed by atoms with Gasteiger partial charge in [-0.3, -0.25) is 14.3 Å². The normalized spacial score (nSPS) is 16.7. The van der Waals surface area contributed by atoms with Gasteiger partial charge in [-0.15, -0.1) is 13.2 Å². The molecule has 0 spiro atoms. The first-order valence-electron chi connectivity index (χ1n) is 12.8. The second kappa shape index (κ2) is 12.4. The molecule has 1 atom stereocenters. The van der Waals surface area contributed by atoms with Gasteiger partial charge in [0.1, 0.15) is 5.75 Å². The van der Waals surface area contributed by atoms with Crippen LogP contribution in [0.3, 0.4) is 0 Å². The van der Waals surface area contributed by atoms with Crippen molar-refractivity contribution in [3.63, 3.8) is 0 Å². The van der Waals surface area contributed by atoms with Gasteiger partial charge in [0.15, 0.2) is 9.84 Å². The minimum absolute atomic E-state index is 0.0142. The van der Waals surface area contributed by atoms with Crippen LogP contribution in [0.25, 0.3) is 10.9 Å². The Morgan fingerprint density at radius 3 is 2.44 bits per heavy atom. The van der Waals surface area contributed by atoms with Gasteiger partial charge in [-0.25, -0.2) is 26.4 Å². The molecule has 1 aromatic heterocycles. The average Bonchev–Trinajstić information content (AvgIpc) is 3.34. The predicted octanol–water partition coefficient (Wildman–Crippen LogP) is 3.25. The van der Waals surface area contributed by atoms with Gasteiger partial charge in [0.25, 0.3) is 5.56 Å². The predicted molar refractivity (Wildman–Crippen MR) is 155 cm³/mol. The van der Waals surface area contributed by atoms with Gasteiger partial charge < -0.3 is 9.72 Å². The Hall–Kier alpha value is -2.63. The second-order valence-electron chi connectivity index (χ2n) is 10.0. The number of alkyl halides is 3. The molecule has 2 N–H and O–H groups in total. The number of H-pyrrole nitrogens is 1. The molecule has 1 aliphatic rings. The molecule has 0 bridgehead atoms. The van der Waals surface area contributed by atoms with Crippen LogP contribution in [-0.2, 0) is 33.0 Å². The molecule has 0 radical (unpaired) electrons. The van der Waals surface area contributed by atoms with Crippen LogP contribution in [0.1, 0.15) is 30.9 Å². The molecule has 0 aliphatic carbocycles. The number of nitrogens with one attached hydrogen (secondary N) is 2. The fourth-order valence-corrected chi connectivity index (χ4v) is 7.06. The van der Waals surface area contributed by atoms with Crippen molar-refractivity contribution in [2.24, 2.45) is 0 Å². The first-order valence-corrected chi connectivity index (χ1v) is 17.1. The summed E-state index contributed by atoms with van der Waals surface area (Å²) in [6.45, 7) is 1.08. The third-order valence-electron chi connectivity index (χ3n) is 7.01. The highest BCUT2D eigenvalue weighted by Crippen LogP contribution is 2.37. The molecule has 1 aliphatic heterocycles. The van der Waals surface area contributed by atoms with Crippen molar-refractivity contribution >= 4 is 54.0 Å². The number of fused-ring (bicyclic) bond motifs is 1. The van der Waals surface area contributed by atoms with Crippen LogP contribution in [0.2, 0.25) is 10.0 Å². The van der Waals surface area contributed by atoms with Crippen molar-refractivity contribution in [1.29, 1.82) is 0 Å². The molecule has 18 heteroatoms. The van der Waals surface area contributed by atoms with E-state index in [1.165, 1.54) is 25.1 Å². The molecule has 2 aromatic carbocycles. The summed E-state index contributed by atoms with van der Waals surface area (Å²) in [6.07, 6.45) is -2.98. The molecule has 4 rings (SSSR count). The van der Waals surface area contributed by atoms with Crippen LogP contribution in [-0.4, -0.2) is 68.8 Å². The summed E-state index contributed by atoms with van der Waals surface area (Å²) in [5, 5.41) is -0.640. The highest BCUT2D eigenvalue weighted by Gasteiger charge is 2.35. The fraction of sp³-hybridized carbons (Fsp3) is 0.440. The number of hydrogen-bond donors (Lipinski definition) is 2. The number of hydrogen-bond acceptors (Lipinski definition) is 8. The van der Waals surface area contributed by atoms with Gasteiger partial charge in [0.2, 0.25) is 10.0 Å². The molecule has 3 aromatic rings. The number of halogens is 5. The molecule has 2 heterocycles. The van der Waals surface area contributed by atoms with E-state index in [4.69, 9.17) is 23.2 Å². The van der Waals surface area contributed by atoms with Gasteiger partial charge in [-0.05, 0) is 49.2 Å². The quantitative estimate of drug-likeness (QED) is 0.330. The van der Waals surface area contributed by atoms with Crippen molar-refractivity contribution in [3.05, 3.63) is 66.3 Å². The van der Waals surface area contributed by atoms with Crippen molar-refractivity contribution in [1.82, 2.24) is 19.2 Å². The lowest BCUT2D eigenvalue weighted by atomic mass is 10.1. The van der Waals surface area contributed by atoms with E-state index in [-0.39, 0.29) is 56.5 Å². The van der Waals surface area contributed by atoms with Crippen molar-refractivity contribution in [2.75, 3.05) is 25.1 Å². The molecule has 0 amide bonds. The number of sulfone groups is 1. The Balaban J connectivity index is 1.84. The number of nitrogens with zero attached hydrogens (tertiary/aromatic N) is 2. The summed E-state index contributed by atoms with van der Waals surface area (Å²) in [5.41, 5.74) is -2.42. The number of likely N-dealkylation sites (tertiary alicyclic amines) is 1. The molecule has 1 fully saturated rings. The maximum atomic E-state index is 13.5. The lowest BCUT2D eigenvalue weighted by molar-refractivity contribution is -0.274. The Morgan fingerprint density at radius 1 is 1.12 bits per heavy atom. The molecule has 0 saturated carbocycles. The summed E-state index contributed by atoms with van der Waals surface area (Å²) in [4.78, 5) is 30.6. The summed E-state index contributed by atoms with van der Waals surface area (Å²) >= 11 is 12.6. The first-order chi connectivity index (χ1) is 19.9. The van der Waals surface area contributed by atoms with Gasteiger partial charge in [0.05, 0.1) is 39.4 Å². The van der Waals surface area contributed by atoms with E-state index in [0.717, 1.165) is 12.3 Å². The third-order valence-corrected chi connectivity index (χ3v) is 10.2. The Kier molecular flexibility index (Phi) is 9.59. The number of aromatic amines is 1. The van der Waals surface area contributed by atoms with Crippen LogP contribution >= 0.6 is 23.2 Å². The molecule has 43 heavy (non-hydrogen) atoms. The summed E-state index contributed by atoms with van der Waals surface area (Å²) in [6, 6.07) is 4.32. The zero-order valence-electron chi connectivity index (χ0n) is 22.8. The molecular weight excluding hydrogens is 660 g/mol. The van der Waals surface area contributed by atoms with Gasteiger partial charge in [-0.2, -0.15) is 0 Å². The molecule has 0 unspecified atom stereocenters. The maximum absolute atomic E-state index is 13.5. The summed E-state index contributed by atoms with van der Waals surface area (Å²) < 4.78 is 96.1. The number of benzene rings is 2. The molecular formula is C25H27Cl2F3N4O7S2. The van der Waals surface area contributed by atoms with Crippen molar-refractivity contribution in [3.8, 4) is 5.75 Å². The van der Waals surface area contributed by atoms with Gasteiger partial charge in [-0.1, -0.05) is 30.1 Å². The largest absolute Gasteiger partial charge is 0.573 e. The van der Waals surface area contributed by atoms with Gasteiger partial charge >= 0.3 is 12.1 Å². The highest BCUT2D eigenvalue weighted by atomic mass is 35.5. The Morgan fingerprint density at radius 2 is 1.81 bits per heavy atom. The zero-order chi connectivity index (χ0) is 31.9. The fourth-order valence-electron chi connectivity index (χ4n) is 4.96. The number of ether oxygens (including phenoxy) is 1. The highest BCUT2D eigenvalue weighted by molar-refractivity contribution is 7.91. The van der Waals surface area contributed by atoms with Crippen LogP contribution in [0, 0.1) is 0 Å². The minimum atomic E-state index is -5.17. The monoisotopic (exact) mass is 686 g/mol. The standard InChI is InChI=1S/C25H27Cl2F3N4O7S2/c1-3-43(39,40)20-7-6-15(26)9-14(20)12-34-23(35)17-10-19(41-25(28,29)30)18(21(27)22(17)32-24(34)36)13-33-8-4-5-16(33)11-31-42(2,37)38/h6-7,9-10,16,31H,3-5,8,11-13H2,1-2H3,(H,32,36)/t16-/m0/s1. The second-order valence-corrected chi connectivity index (χ2v) is 14.9. The minimum Gasteiger partial charge on any atom is -0.405 e. The number of aromatic nitrogens is 2. The zero-order valence-corrected chi connectivity index (χ0v) is 25.9. The third kappa shape index (κ3) is 7.72. The Bertz CT molecular complexity index is 1900. The van der Waals surface area contributed by atoms with Crippen LogP contribution in [0.5, 0.6) is 5.75 Å². The molecule has 11 nitrogen and oxygen atoms in total. The van der Waals surface area contributed by atoms with Crippen molar-refractivity contribution < 1.29 is 34.7 Å². The van der Waals surface area contributed by atoms with E-state index >= 15 is 0 Å². The lowest BCUT2D eigenvalue weighted by Crippen LogP contribution is -2.39. The van der Waals surface area contributed by atoms with E-state index in [9.17, 15) is 39.6 Å². The van der Waals surface area contributed by atoms with Crippen LogP contribution in [0.4, 0.5) is 13.2 Å². The maximum Gasteiger partial charge on any atom is 0.573 e. The number of rotatable bonds is 10. The summed E-state index contributed by atoms with van der Waals surface area (Å²) in [7, 11) is -7.32. The van der Waals surface area contributed by atoms with E-state index in [1.807, 2.05) is 0 Å². The molecule has 1 saturated heterocycles. The van der Waals surface area contributed by atoms with Gasteiger partial charge in [0, 0.05) is 29.7 Å². The average molecular weight is 688 g/mol. The topological polar surface area (TPSA) is 148 Å². The van der Waals surface area contributed by atoms with Crippen LogP contribution in [0.15, 0.2) is 38.8 Å². The van der Waals surface area contributed by atoms with E-state index in [2.05, 4.69) is 14.4 Å². The first kappa shape index (κ1) is 33.3. The Labute approximate surface area is 254 Å². The van der Waals surface area contributed by atoms with E-state index in [1.54, 1.807) is 4.90 Å². The lowest BCUT2D eigenvalue weighted by Gasteiger charge is -2.26. The van der Waals surface area contributed by atoms with E-state index in [0.29, 0.717) is 24.0 Å².